The van der Waals surface area contributed by atoms with Crippen molar-refractivity contribution >= 4 is 86.8 Å². The Morgan fingerprint density at radius 2 is 1.60 bits per heavy atom. The van der Waals surface area contributed by atoms with Crippen LogP contribution in [0.2, 0.25) is 0 Å². The van der Waals surface area contributed by atoms with Crippen LogP contribution in [0, 0.1) is 10.1 Å². The Morgan fingerprint density at radius 1 is 0.889 bits per heavy atom. The molecule has 28 heteroatoms. The summed E-state index contributed by atoms with van der Waals surface area (Å²) in [6.07, 6.45) is 7.30. The SMILES string of the molecule is COc1cc(C(C)NCCOCCN2C(=O)C=CC2=O)c([N+](=O)[O-])cc1OCCNC(=O)CCCCNC(=O)C(CS(=O)(=O)O)NC(=O)CCC1=CC(c2cccs2)=[N+]2C1=Cc1c(CCC[N+](C)(C)C)cc(-c3cccs3)n1[B-]2(F)F. The number of allylic oxidation sites excluding steroid dienone is 2. The highest BCUT2D eigenvalue weighted by Gasteiger charge is 2.55. The van der Waals surface area contributed by atoms with E-state index in [1.54, 1.807) is 36.6 Å². The minimum atomic E-state index is -4.78. The number of carbonyl (C=O) groups is 5. The molecule has 22 nitrogen and oxygen atoms in total. The molecule has 436 valence electrons. The van der Waals surface area contributed by atoms with Crippen LogP contribution in [-0.2, 0) is 45.2 Å². The van der Waals surface area contributed by atoms with Gasteiger partial charge in [-0.2, -0.15) is 8.42 Å². The van der Waals surface area contributed by atoms with Crippen LogP contribution in [0.3, 0.4) is 0 Å². The average molecular weight is 1180 g/mol. The molecule has 0 bridgehead atoms. The zero-order valence-electron chi connectivity index (χ0n) is 45.6. The van der Waals surface area contributed by atoms with Crippen LogP contribution in [0.25, 0.3) is 16.6 Å². The third-order valence-electron chi connectivity index (χ3n) is 13.5. The van der Waals surface area contributed by atoms with Gasteiger partial charge in [-0.05, 0) is 73.2 Å². The van der Waals surface area contributed by atoms with E-state index >= 15 is 8.63 Å². The van der Waals surface area contributed by atoms with E-state index in [1.165, 1.54) is 54.1 Å². The van der Waals surface area contributed by atoms with Gasteiger partial charge in [-0.3, -0.25) is 43.5 Å². The highest BCUT2D eigenvalue weighted by atomic mass is 32.2. The number of amides is 5. The molecule has 0 radical (unpaired) electrons. The summed E-state index contributed by atoms with van der Waals surface area (Å²) in [6, 6.07) is 9.50. The van der Waals surface area contributed by atoms with Crippen molar-refractivity contribution in [3.63, 3.8) is 0 Å². The Balaban J connectivity index is 0.879. The number of nitro benzene ring substituents is 1. The zero-order chi connectivity index (χ0) is 58.6. The summed E-state index contributed by atoms with van der Waals surface area (Å²) in [7, 11) is 2.82. The third kappa shape index (κ3) is 16.2. The van der Waals surface area contributed by atoms with Crippen LogP contribution >= 0.6 is 22.7 Å². The van der Waals surface area contributed by atoms with Gasteiger partial charge in [0.05, 0.1) is 82.5 Å². The molecule has 2 atom stereocenters. The predicted octanol–water partition coefficient (Wildman–Crippen LogP) is 5.08. The first-order chi connectivity index (χ1) is 38.4. The van der Waals surface area contributed by atoms with Crippen molar-refractivity contribution in [1.82, 2.24) is 30.6 Å². The third-order valence-corrected chi connectivity index (χ3v) is 16.1. The number of quaternary nitrogens is 1. The number of carbonyl (C=O) groups excluding carboxylic acids is 5. The summed E-state index contributed by atoms with van der Waals surface area (Å²) < 4.78 is 88.3. The molecule has 6 heterocycles. The number of methoxy groups -OCH3 is 1. The maximum Gasteiger partial charge on any atom is 0.737 e. The van der Waals surface area contributed by atoms with Crippen LogP contribution in [0.4, 0.5) is 14.3 Å². The number of nitrogens with one attached hydrogen (secondary N) is 4. The van der Waals surface area contributed by atoms with Crippen LogP contribution in [0.1, 0.15) is 73.2 Å². The van der Waals surface area contributed by atoms with Gasteiger partial charge in [0.1, 0.15) is 18.4 Å². The Bertz CT molecular complexity index is 3210. The van der Waals surface area contributed by atoms with Crippen LogP contribution < -0.4 is 30.7 Å². The molecular weight excluding hydrogens is 1120 g/mol. The maximum absolute atomic E-state index is 17.4. The number of ether oxygens (including phenoxy) is 3. The lowest BCUT2D eigenvalue weighted by atomic mass is 9.88. The first-order valence-corrected chi connectivity index (χ1v) is 29.7. The molecule has 0 saturated heterocycles. The number of aromatic nitrogens is 1. The van der Waals surface area contributed by atoms with Crippen molar-refractivity contribution in [3.05, 3.63) is 115 Å². The molecule has 5 N–H and O–H groups in total. The fourth-order valence-electron chi connectivity index (χ4n) is 9.60. The van der Waals surface area contributed by atoms with Gasteiger partial charge in [0.2, 0.25) is 17.7 Å². The van der Waals surface area contributed by atoms with Crippen molar-refractivity contribution in [3.8, 4) is 22.1 Å². The summed E-state index contributed by atoms with van der Waals surface area (Å²) in [4.78, 5) is 76.8. The Hall–Kier alpha value is -6.95. The minimum absolute atomic E-state index is 0.0196. The second kappa shape index (κ2) is 27.2. The zero-order valence-corrected chi connectivity index (χ0v) is 48.1. The van der Waals surface area contributed by atoms with Gasteiger partial charge in [0, 0.05) is 84.5 Å². The molecule has 0 aliphatic carbocycles. The summed E-state index contributed by atoms with van der Waals surface area (Å²) in [5.74, 6) is -3.69. The molecule has 4 aromatic rings. The molecule has 3 aliphatic heterocycles. The van der Waals surface area contributed by atoms with Crippen molar-refractivity contribution in [2.75, 3.05) is 86.6 Å². The lowest BCUT2D eigenvalue weighted by Crippen LogP contribution is -2.51. The first kappa shape index (κ1) is 61.7. The topological polar surface area (TPSA) is 270 Å². The quantitative estimate of drug-likeness (QED) is 0.00812. The molecule has 2 unspecified atom stereocenters. The van der Waals surface area contributed by atoms with E-state index in [9.17, 15) is 47.1 Å². The first-order valence-electron chi connectivity index (χ1n) is 26.3. The molecule has 3 aliphatic rings. The standard InChI is InChI=1S/C53H66BF2N9O13S3/c1-35(57-20-24-77-26-22-61-51(68)17-18-52(61)69)38-31-45(76-5)46(33-42(38)64(71)72)78-25-21-58-49(66)14-6-7-19-59-53(70)39(34-81(73,74)75)60-50(67)16-15-37-30-44(48-13-10-28-80-48)63-41(37)32-40-36(11-8-23-65(2,3)4)29-43(47-12-9-27-79-47)62(40)54(63,55)56/h9-10,12-13,17-18,27-33,35,39,57H,6-8,11,14-16,19-26,34H2,1-5H3,(H3-,58,59,60,66,67,70,73,74,75)/p+1. The van der Waals surface area contributed by atoms with Crippen LogP contribution in [0.15, 0.2) is 82.7 Å². The molecule has 3 aromatic heterocycles. The lowest BCUT2D eigenvalue weighted by molar-refractivity contribution is -0.870. The molecule has 7 rings (SSSR count). The van der Waals surface area contributed by atoms with Gasteiger partial charge in [-0.1, -0.05) is 12.1 Å². The largest absolute Gasteiger partial charge is 0.737 e. The van der Waals surface area contributed by atoms with Gasteiger partial charge in [-0.15, -0.1) is 22.7 Å². The number of aryl methyl sites for hydroxylation is 1. The van der Waals surface area contributed by atoms with Gasteiger partial charge in [-0.25, -0.2) is 0 Å². The van der Waals surface area contributed by atoms with Crippen molar-refractivity contribution < 1.29 is 73.7 Å². The summed E-state index contributed by atoms with van der Waals surface area (Å²) in [6.45, 7) is -1.28. The number of unbranched alkanes of at least 4 members (excludes halogenated alkanes) is 1. The monoisotopic (exact) mass is 1180 g/mol. The van der Waals surface area contributed by atoms with Crippen LogP contribution in [0.5, 0.6) is 11.5 Å². The van der Waals surface area contributed by atoms with E-state index in [2.05, 4.69) is 42.4 Å². The van der Waals surface area contributed by atoms with E-state index in [4.69, 9.17) is 14.2 Å². The Labute approximate surface area is 476 Å². The molecule has 81 heavy (non-hydrogen) atoms. The van der Waals surface area contributed by atoms with E-state index in [1.807, 2.05) is 23.6 Å². The van der Waals surface area contributed by atoms with Crippen LogP contribution in [-0.4, -0.2) is 171 Å². The van der Waals surface area contributed by atoms with Gasteiger partial charge in [0.25, 0.3) is 27.6 Å². The predicted molar refractivity (Wildman–Crippen MR) is 303 cm³/mol. The normalized spacial score (nSPS) is 15.5. The molecular formula is C53H67BF2N9O13S3+. The number of nitrogens with zero attached hydrogens (tertiary/aromatic N) is 5. The fraction of sp³-hybridized carbons (Fsp3) is 0.434. The number of nitro groups is 1. The number of hydrogen-bond acceptors (Lipinski definition) is 15. The van der Waals surface area contributed by atoms with Gasteiger partial charge < -0.3 is 57.6 Å². The van der Waals surface area contributed by atoms with Crippen molar-refractivity contribution in [2.24, 2.45) is 0 Å². The number of thiophene rings is 2. The molecule has 0 fully saturated rings. The van der Waals surface area contributed by atoms with E-state index in [0.29, 0.717) is 49.7 Å². The number of hydrogen-bond donors (Lipinski definition) is 5. The Kier molecular flexibility index (Phi) is 20.7. The summed E-state index contributed by atoms with van der Waals surface area (Å²) in [5, 5.41) is 26.5. The molecule has 1 aromatic carbocycles. The van der Waals surface area contributed by atoms with E-state index in [-0.39, 0.29) is 106 Å². The van der Waals surface area contributed by atoms with E-state index in [0.717, 1.165) is 32.4 Å². The smallest absolute Gasteiger partial charge is 0.493 e. The summed E-state index contributed by atoms with van der Waals surface area (Å²) >= 11 is 2.67. The van der Waals surface area contributed by atoms with Crippen molar-refractivity contribution in [1.29, 1.82) is 0 Å². The second-order valence-corrected chi connectivity index (χ2v) is 23.9. The maximum atomic E-state index is 17.4. The number of imide groups is 1. The molecule has 5 amide bonds. The van der Waals surface area contributed by atoms with E-state index < -0.39 is 63.5 Å². The molecule has 0 spiro atoms. The summed E-state index contributed by atoms with van der Waals surface area (Å²) in [5.41, 5.74) is 2.61. The molecule has 0 saturated carbocycles. The van der Waals surface area contributed by atoms with Gasteiger partial charge in [0.15, 0.2) is 22.9 Å². The number of fused-ring (bicyclic) bond motifs is 2. The fourth-order valence-corrected chi connectivity index (χ4v) is 11.7. The van der Waals surface area contributed by atoms with Gasteiger partial charge >= 0.3 is 6.97 Å². The Morgan fingerprint density at radius 3 is 2.26 bits per heavy atom. The highest BCUT2D eigenvalue weighted by molar-refractivity contribution is 7.85. The minimum Gasteiger partial charge on any atom is -0.493 e. The average Bonchev–Trinajstić information content (AvgIpc) is 4.36. The highest BCUT2D eigenvalue weighted by Crippen LogP contribution is 2.43. The number of benzene rings is 1. The number of halogens is 2. The lowest BCUT2D eigenvalue weighted by Gasteiger charge is -2.31. The van der Waals surface area contributed by atoms with Crippen molar-refractivity contribution in [2.45, 2.75) is 64.0 Å². The second-order valence-electron chi connectivity index (χ2n) is 20.5. The number of rotatable bonds is 32.